The van der Waals surface area contributed by atoms with E-state index in [0.717, 1.165) is 0 Å². The number of amides is 1. The molecule has 0 bridgehead atoms. The summed E-state index contributed by atoms with van der Waals surface area (Å²) in [5.41, 5.74) is 0.494. The lowest BCUT2D eigenvalue weighted by molar-refractivity contribution is 0.0225. The van der Waals surface area contributed by atoms with Crippen LogP contribution < -0.4 is 0 Å². The molecule has 0 fully saturated rings. The molecule has 2 rings (SSSR count). The van der Waals surface area contributed by atoms with Gasteiger partial charge >= 0.3 is 6.09 Å². The lowest BCUT2D eigenvalue weighted by atomic mass is 10.1. The third-order valence-electron chi connectivity index (χ3n) is 3.20. The van der Waals surface area contributed by atoms with E-state index >= 15 is 0 Å². The fraction of sp³-hybridized carbons (Fsp3) is 0.467. The van der Waals surface area contributed by atoms with E-state index in [0.29, 0.717) is 17.5 Å². The van der Waals surface area contributed by atoms with Crippen molar-refractivity contribution in [1.82, 2.24) is 4.90 Å². The minimum absolute atomic E-state index is 0.173. The standard InChI is InChI=1S/C15H18FNO3/c1-15(2,3)20-14(19)17(4)12-8-9-7-10(16)5-6-11(9)13(12)18/h5-7,12H,8H2,1-4H3. The number of ketones is 1. The molecule has 4 nitrogen and oxygen atoms in total. The Morgan fingerprint density at radius 1 is 1.40 bits per heavy atom. The molecule has 108 valence electrons. The predicted octanol–water partition coefficient (Wildman–Crippen LogP) is 2.80. The van der Waals surface area contributed by atoms with Crippen LogP contribution in [0.2, 0.25) is 0 Å². The largest absolute Gasteiger partial charge is 0.444 e. The Balaban J connectivity index is 2.16. The van der Waals surface area contributed by atoms with E-state index in [1.54, 1.807) is 20.8 Å². The Morgan fingerprint density at radius 3 is 2.65 bits per heavy atom. The zero-order valence-corrected chi connectivity index (χ0v) is 12.1. The molecular weight excluding hydrogens is 261 g/mol. The lowest BCUT2D eigenvalue weighted by Crippen LogP contribution is -2.43. The van der Waals surface area contributed by atoms with Crippen LogP contribution in [0.1, 0.15) is 36.7 Å². The number of carbonyl (C=O) groups is 2. The molecule has 1 amide bonds. The third-order valence-corrected chi connectivity index (χ3v) is 3.20. The second kappa shape index (κ2) is 4.89. The smallest absolute Gasteiger partial charge is 0.410 e. The molecule has 1 unspecified atom stereocenters. The van der Waals surface area contributed by atoms with Crippen molar-refractivity contribution in [3.05, 3.63) is 35.1 Å². The summed E-state index contributed by atoms with van der Waals surface area (Å²) in [6.45, 7) is 5.29. The summed E-state index contributed by atoms with van der Waals surface area (Å²) in [6, 6.07) is 3.44. The van der Waals surface area contributed by atoms with Crippen LogP contribution in [0.3, 0.4) is 0 Å². The number of halogens is 1. The van der Waals surface area contributed by atoms with E-state index < -0.39 is 17.7 Å². The molecule has 0 aromatic heterocycles. The molecule has 0 N–H and O–H groups in total. The van der Waals surface area contributed by atoms with Crippen LogP contribution in [0.4, 0.5) is 9.18 Å². The molecule has 20 heavy (non-hydrogen) atoms. The SMILES string of the molecule is CN(C(=O)OC(C)(C)C)C1Cc2cc(F)ccc2C1=O. The second-order valence-electron chi connectivity index (χ2n) is 5.98. The quantitative estimate of drug-likeness (QED) is 0.794. The summed E-state index contributed by atoms with van der Waals surface area (Å²) in [4.78, 5) is 25.5. The minimum Gasteiger partial charge on any atom is -0.444 e. The molecule has 1 aliphatic rings. The van der Waals surface area contributed by atoms with Gasteiger partial charge < -0.3 is 9.64 Å². The zero-order chi connectivity index (χ0) is 15.1. The molecule has 0 radical (unpaired) electrons. The first-order valence-corrected chi connectivity index (χ1v) is 6.47. The monoisotopic (exact) mass is 279 g/mol. The average molecular weight is 279 g/mol. The van der Waals surface area contributed by atoms with Gasteiger partial charge in [0.2, 0.25) is 0 Å². The predicted molar refractivity (Wildman–Crippen MR) is 72.2 cm³/mol. The first kappa shape index (κ1) is 14.5. The van der Waals surface area contributed by atoms with Crippen LogP contribution in [0, 0.1) is 5.82 Å². The van der Waals surface area contributed by atoms with Crippen LogP contribution in [-0.4, -0.2) is 35.5 Å². The number of carbonyl (C=O) groups excluding carboxylic acids is 2. The highest BCUT2D eigenvalue weighted by Gasteiger charge is 2.37. The molecule has 0 spiro atoms. The topological polar surface area (TPSA) is 46.6 Å². The fourth-order valence-electron chi connectivity index (χ4n) is 2.23. The van der Waals surface area contributed by atoms with Gasteiger partial charge in [0.1, 0.15) is 17.5 Å². The zero-order valence-electron chi connectivity index (χ0n) is 12.1. The van der Waals surface area contributed by atoms with Gasteiger partial charge in [0.15, 0.2) is 5.78 Å². The maximum absolute atomic E-state index is 13.2. The second-order valence-corrected chi connectivity index (χ2v) is 5.98. The van der Waals surface area contributed by atoms with Crippen molar-refractivity contribution >= 4 is 11.9 Å². The van der Waals surface area contributed by atoms with Crippen LogP contribution in [-0.2, 0) is 11.2 Å². The van der Waals surface area contributed by atoms with Gasteiger partial charge in [-0.3, -0.25) is 4.79 Å². The van der Waals surface area contributed by atoms with E-state index in [2.05, 4.69) is 0 Å². The number of fused-ring (bicyclic) bond motifs is 1. The molecule has 1 aromatic carbocycles. The summed E-state index contributed by atoms with van der Waals surface area (Å²) in [5, 5.41) is 0. The number of nitrogens with zero attached hydrogens (tertiary/aromatic N) is 1. The summed E-state index contributed by atoms with van der Waals surface area (Å²) in [5.74, 6) is -0.550. The molecule has 0 heterocycles. The molecule has 1 atom stereocenters. The van der Waals surface area contributed by atoms with E-state index in [1.165, 1.54) is 30.1 Å². The van der Waals surface area contributed by atoms with Gasteiger partial charge in [0.05, 0.1) is 0 Å². The van der Waals surface area contributed by atoms with Crippen LogP contribution in [0.5, 0.6) is 0 Å². The molecule has 0 saturated heterocycles. The Kier molecular flexibility index (Phi) is 3.54. The highest BCUT2D eigenvalue weighted by molar-refractivity contribution is 6.05. The highest BCUT2D eigenvalue weighted by atomic mass is 19.1. The molecule has 5 heteroatoms. The summed E-state index contributed by atoms with van der Waals surface area (Å²) < 4.78 is 18.4. The number of benzene rings is 1. The number of rotatable bonds is 1. The molecule has 0 saturated carbocycles. The van der Waals surface area contributed by atoms with Crippen molar-refractivity contribution < 1.29 is 18.7 Å². The third kappa shape index (κ3) is 2.81. The number of hydrogen-bond donors (Lipinski definition) is 0. The van der Waals surface area contributed by atoms with Crippen molar-refractivity contribution in [3.63, 3.8) is 0 Å². The number of hydrogen-bond acceptors (Lipinski definition) is 3. The van der Waals surface area contributed by atoms with Gasteiger partial charge in [-0.2, -0.15) is 0 Å². The van der Waals surface area contributed by atoms with Gasteiger partial charge in [-0.05, 0) is 44.5 Å². The van der Waals surface area contributed by atoms with Gasteiger partial charge in [-0.1, -0.05) is 0 Å². The first-order valence-electron chi connectivity index (χ1n) is 6.47. The van der Waals surface area contributed by atoms with Gasteiger partial charge in [-0.25, -0.2) is 9.18 Å². The summed E-state index contributed by atoms with van der Waals surface area (Å²) in [7, 11) is 1.53. The normalized spacial score (nSPS) is 17.9. The molecule has 0 aliphatic heterocycles. The summed E-state index contributed by atoms with van der Waals surface area (Å²) >= 11 is 0. The van der Waals surface area contributed by atoms with Crippen LogP contribution in [0.25, 0.3) is 0 Å². The van der Waals surface area contributed by atoms with E-state index in [4.69, 9.17) is 4.74 Å². The van der Waals surface area contributed by atoms with Gasteiger partial charge in [0, 0.05) is 19.0 Å². The number of ether oxygens (including phenoxy) is 1. The first-order chi connectivity index (χ1) is 9.19. The lowest BCUT2D eigenvalue weighted by Gasteiger charge is -2.27. The fourth-order valence-corrected chi connectivity index (χ4v) is 2.23. The number of Topliss-reactive ketones (excluding diaryl/α,β-unsaturated/α-hetero) is 1. The maximum Gasteiger partial charge on any atom is 0.410 e. The van der Waals surface area contributed by atoms with E-state index in [1.807, 2.05) is 0 Å². The Morgan fingerprint density at radius 2 is 2.05 bits per heavy atom. The van der Waals surface area contributed by atoms with Crippen LogP contribution in [0.15, 0.2) is 18.2 Å². The van der Waals surface area contributed by atoms with Crippen molar-refractivity contribution in [2.75, 3.05) is 7.05 Å². The van der Waals surface area contributed by atoms with Crippen molar-refractivity contribution in [3.8, 4) is 0 Å². The minimum atomic E-state index is -0.623. The Hall–Kier alpha value is -1.91. The number of likely N-dealkylation sites (N-methyl/N-ethyl adjacent to an activating group) is 1. The molecular formula is C15H18FNO3. The van der Waals surface area contributed by atoms with Gasteiger partial charge in [0.25, 0.3) is 0 Å². The van der Waals surface area contributed by atoms with Crippen molar-refractivity contribution in [1.29, 1.82) is 0 Å². The van der Waals surface area contributed by atoms with Crippen LogP contribution >= 0.6 is 0 Å². The van der Waals surface area contributed by atoms with Crippen molar-refractivity contribution in [2.24, 2.45) is 0 Å². The maximum atomic E-state index is 13.2. The van der Waals surface area contributed by atoms with E-state index in [9.17, 15) is 14.0 Å². The Labute approximate surface area is 117 Å². The van der Waals surface area contributed by atoms with E-state index in [-0.39, 0.29) is 11.6 Å². The average Bonchev–Trinajstić information content (AvgIpc) is 2.63. The van der Waals surface area contributed by atoms with Crippen molar-refractivity contribution in [2.45, 2.75) is 38.8 Å². The Bertz CT molecular complexity index is 563. The molecule has 1 aliphatic carbocycles. The van der Waals surface area contributed by atoms with Gasteiger partial charge in [-0.15, -0.1) is 0 Å². The summed E-state index contributed by atoms with van der Waals surface area (Å²) in [6.07, 6.45) is -0.231. The molecule has 1 aromatic rings. The highest BCUT2D eigenvalue weighted by Crippen LogP contribution is 2.26.